The third-order valence-electron chi connectivity index (χ3n) is 4.96. The number of hydrogen-bond acceptors (Lipinski definition) is 4. The van der Waals surface area contributed by atoms with Crippen LogP contribution in [0.3, 0.4) is 0 Å². The number of carbonyl (C=O) groups is 1. The molecule has 28 heavy (non-hydrogen) atoms. The summed E-state index contributed by atoms with van der Waals surface area (Å²) in [6.07, 6.45) is 0. The number of ether oxygens (including phenoxy) is 1. The first kappa shape index (κ1) is 20.4. The lowest BCUT2D eigenvalue weighted by atomic mass is 9.87. The number of amides is 1. The Kier molecular flexibility index (Phi) is 5.50. The molecule has 0 saturated heterocycles. The van der Waals surface area contributed by atoms with Gasteiger partial charge >= 0.3 is 0 Å². The Hall–Kier alpha value is -2.38. The van der Waals surface area contributed by atoms with E-state index in [1.807, 2.05) is 45.0 Å². The van der Waals surface area contributed by atoms with Crippen molar-refractivity contribution in [3.63, 3.8) is 0 Å². The summed E-state index contributed by atoms with van der Waals surface area (Å²) in [6, 6.07) is 12.3. The van der Waals surface area contributed by atoms with Gasteiger partial charge in [-0.15, -0.1) is 0 Å². The molecule has 2 aromatic carbocycles. The van der Waals surface area contributed by atoms with Crippen molar-refractivity contribution in [2.75, 3.05) is 18.1 Å². The molecule has 0 fully saturated rings. The van der Waals surface area contributed by atoms with E-state index >= 15 is 0 Å². The summed E-state index contributed by atoms with van der Waals surface area (Å²) in [6.45, 7) is 8.61. The van der Waals surface area contributed by atoms with Crippen molar-refractivity contribution in [3.8, 4) is 5.75 Å². The van der Waals surface area contributed by atoms with Crippen LogP contribution >= 0.6 is 0 Å². The molecule has 0 aliphatic carbocycles. The molecule has 0 unspecified atom stereocenters. The Bertz CT molecular complexity index is 999. The van der Waals surface area contributed by atoms with E-state index in [0.29, 0.717) is 18.9 Å². The molecule has 7 heteroatoms. The van der Waals surface area contributed by atoms with Crippen molar-refractivity contribution in [1.82, 2.24) is 4.72 Å². The van der Waals surface area contributed by atoms with Gasteiger partial charge in [-0.2, -0.15) is 0 Å². The molecule has 1 heterocycles. The van der Waals surface area contributed by atoms with Gasteiger partial charge in [-0.05, 0) is 36.8 Å². The molecule has 0 saturated carbocycles. The maximum atomic E-state index is 12.9. The van der Waals surface area contributed by atoms with Gasteiger partial charge in [0.05, 0.1) is 11.5 Å². The van der Waals surface area contributed by atoms with E-state index in [4.69, 9.17) is 4.74 Å². The molecule has 0 radical (unpaired) electrons. The molecule has 1 aliphatic heterocycles. The predicted octanol–water partition coefficient (Wildman–Crippen LogP) is 3.21. The molecule has 1 aliphatic rings. The lowest BCUT2D eigenvalue weighted by molar-refractivity contribution is -0.116. The van der Waals surface area contributed by atoms with Crippen molar-refractivity contribution in [3.05, 3.63) is 53.6 Å². The van der Waals surface area contributed by atoms with Crippen molar-refractivity contribution in [1.29, 1.82) is 0 Å². The smallest absolute Gasteiger partial charge is 0.240 e. The molecule has 1 amide bonds. The lowest BCUT2D eigenvalue weighted by Crippen LogP contribution is -2.31. The van der Waals surface area contributed by atoms with Gasteiger partial charge < -0.3 is 9.64 Å². The molecule has 150 valence electrons. The number of rotatable bonds is 6. The number of nitrogens with one attached hydrogen (secondary N) is 1. The zero-order valence-electron chi connectivity index (χ0n) is 16.7. The maximum absolute atomic E-state index is 12.9. The molecule has 0 bridgehead atoms. The third-order valence-corrected chi connectivity index (χ3v) is 6.36. The average Bonchev–Trinajstić information content (AvgIpc) is 2.92. The van der Waals surface area contributed by atoms with Crippen molar-refractivity contribution < 1.29 is 17.9 Å². The largest absolute Gasteiger partial charge is 0.494 e. The minimum Gasteiger partial charge on any atom is -0.494 e. The third kappa shape index (κ3) is 3.91. The first-order valence-electron chi connectivity index (χ1n) is 9.29. The number of hydrogen-bond donors (Lipinski definition) is 1. The van der Waals surface area contributed by atoms with Gasteiger partial charge in [0.2, 0.25) is 15.9 Å². The second-order valence-corrected chi connectivity index (χ2v) is 9.30. The molecule has 0 atom stereocenters. The van der Waals surface area contributed by atoms with Gasteiger partial charge in [0.1, 0.15) is 5.75 Å². The van der Waals surface area contributed by atoms with Gasteiger partial charge in [-0.3, -0.25) is 4.79 Å². The van der Waals surface area contributed by atoms with Crippen LogP contribution in [0.5, 0.6) is 5.75 Å². The molecule has 1 N–H and O–H groups in total. The van der Waals surface area contributed by atoms with E-state index in [2.05, 4.69) is 4.72 Å². The zero-order valence-corrected chi connectivity index (χ0v) is 17.5. The molecule has 0 spiro atoms. The van der Waals surface area contributed by atoms with Crippen LogP contribution in [0.15, 0.2) is 47.4 Å². The fourth-order valence-electron chi connectivity index (χ4n) is 3.51. The van der Waals surface area contributed by atoms with Gasteiger partial charge in [-0.25, -0.2) is 13.1 Å². The van der Waals surface area contributed by atoms with E-state index in [9.17, 15) is 13.2 Å². The number of anilines is 1. The van der Waals surface area contributed by atoms with Gasteiger partial charge in [-0.1, -0.05) is 32.0 Å². The van der Waals surface area contributed by atoms with Crippen molar-refractivity contribution >= 4 is 21.6 Å². The molecule has 2 aromatic rings. The van der Waals surface area contributed by atoms with Crippen LogP contribution in [0, 0.1) is 0 Å². The van der Waals surface area contributed by atoms with E-state index in [1.165, 1.54) is 6.92 Å². The highest BCUT2D eigenvalue weighted by molar-refractivity contribution is 7.89. The zero-order chi connectivity index (χ0) is 20.5. The normalized spacial score (nSPS) is 15.4. The van der Waals surface area contributed by atoms with E-state index in [-0.39, 0.29) is 22.8 Å². The van der Waals surface area contributed by atoms with Crippen LogP contribution in [0.1, 0.15) is 38.8 Å². The standard InChI is InChI=1S/C21H26N2O4S/c1-5-27-20-9-7-6-8-16(20)13-22-28(25,26)17-10-11-19-18(12-17)21(3,4)14-23(19)15(2)24/h6-12,22H,5,13-14H2,1-4H3. The predicted molar refractivity (Wildman–Crippen MR) is 109 cm³/mol. The minimum absolute atomic E-state index is 0.0481. The number of benzene rings is 2. The summed E-state index contributed by atoms with van der Waals surface area (Å²) in [7, 11) is -3.71. The van der Waals surface area contributed by atoms with Crippen LogP contribution in [0.2, 0.25) is 0 Å². The van der Waals surface area contributed by atoms with Gasteiger partial charge in [0, 0.05) is 36.7 Å². The lowest BCUT2D eigenvalue weighted by Gasteiger charge is -2.19. The molecular formula is C21H26N2O4S. The highest BCUT2D eigenvalue weighted by Gasteiger charge is 2.37. The molecule has 6 nitrogen and oxygen atoms in total. The van der Waals surface area contributed by atoms with Gasteiger partial charge in [0.15, 0.2) is 0 Å². The Morgan fingerprint density at radius 3 is 2.61 bits per heavy atom. The second kappa shape index (κ2) is 7.56. The number of fused-ring (bicyclic) bond motifs is 1. The fraction of sp³-hybridized carbons (Fsp3) is 0.381. The summed E-state index contributed by atoms with van der Waals surface area (Å²) in [5.41, 5.74) is 2.10. The van der Waals surface area contributed by atoms with Crippen molar-refractivity contribution in [2.45, 2.75) is 44.6 Å². The Balaban J connectivity index is 1.87. The monoisotopic (exact) mass is 402 g/mol. The number of sulfonamides is 1. The highest BCUT2D eigenvalue weighted by Crippen LogP contribution is 2.41. The number of carbonyl (C=O) groups excluding carboxylic acids is 1. The molecule has 0 aromatic heterocycles. The maximum Gasteiger partial charge on any atom is 0.240 e. The SMILES string of the molecule is CCOc1ccccc1CNS(=O)(=O)c1ccc2c(c1)C(C)(C)CN2C(C)=O. The second-order valence-electron chi connectivity index (χ2n) is 7.53. The van der Waals surface area contributed by atoms with Crippen molar-refractivity contribution in [2.24, 2.45) is 0 Å². The molecular weight excluding hydrogens is 376 g/mol. The number of nitrogens with zero attached hydrogens (tertiary/aromatic N) is 1. The Labute approximate surface area is 166 Å². The van der Waals surface area contributed by atoms with Crippen LogP contribution in [-0.2, 0) is 26.8 Å². The quantitative estimate of drug-likeness (QED) is 0.805. The minimum atomic E-state index is -3.71. The van der Waals surface area contributed by atoms with E-state index in [0.717, 1.165) is 16.8 Å². The van der Waals surface area contributed by atoms with Gasteiger partial charge in [0.25, 0.3) is 0 Å². The van der Waals surface area contributed by atoms with Crippen LogP contribution < -0.4 is 14.4 Å². The highest BCUT2D eigenvalue weighted by atomic mass is 32.2. The van der Waals surface area contributed by atoms with E-state index < -0.39 is 10.0 Å². The summed E-state index contributed by atoms with van der Waals surface area (Å²) < 4.78 is 33.9. The van der Waals surface area contributed by atoms with Crippen LogP contribution in [0.25, 0.3) is 0 Å². The molecule has 3 rings (SSSR count). The summed E-state index contributed by atoms with van der Waals surface area (Å²) in [5.74, 6) is 0.618. The average molecular weight is 403 g/mol. The summed E-state index contributed by atoms with van der Waals surface area (Å²) in [5, 5.41) is 0. The topological polar surface area (TPSA) is 75.7 Å². The fourth-order valence-corrected chi connectivity index (χ4v) is 4.54. The van der Waals surface area contributed by atoms with Crippen LogP contribution in [0.4, 0.5) is 5.69 Å². The van der Waals surface area contributed by atoms with E-state index in [1.54, 1.807) is 23.1 Å². The Morgan fingerprint density at radius 2 is 1.93 bits per heavy atom. The van der Waals surface area contributed by atoms with Crippen LogP contribution in [-0.4, -0.2) is 27.5 Å². The Morgan fingerprint density at radius 1 is 1.21 bits per heavy atom. The number of para-hydroxylation sites is 1. The first-order chi connectivity index (χ1) is 13.2. The summed E-state index contributed by atoms with van der Waals surface area (Å²) >= 11 is 0. The first-order valence-corrected chi connectivity index (χ1v) is 10.8. The summed E-state index contributed by atoms with van der Waals surface area (Å²) in [4.78, 5) is 13.8.